The van der Waals surface area contributed by atoms with E-state index in [1.165, 1.54) is 5.57 Å². The molecule has 0 bridgehead atoms. The molecule has 0 aromatic carbocycles. The van der Waals surface area contributed by atoms with E-state index in [2.05, 4.69) is 19.6 Å². The summed E-state index contributed by atoms with van der Waals surface area (Å²) in [5.74, 6) is 0.513. The number of rotatable bonds is 3. The predicted octanol–water partition coefficient (Wildman–Crippen LogP) is 2.40. The summed E-state index contributed by atoms with van der Waals surface area (Å²) in [5.41, 5.74) is 0.518. The third-order valence-electron chi connectivity index (χ3n) is 2.56. The highest BCUT2D eigenvalue weighted by molar-refractivity contribution is 5.16. The average molecular weight is 182 g/mol. The molecule has 0 saturated heterocycles. The smallest absolute Gasteiger partial charge is 0.125 e. The zero-order chi connectivity index (χ0) is 9.90. The van der Waals surface area contributed by atoms with Gasteiger partial charge in [0.15, 0.2) is 0 Å². The largest absolute Gasteiger partial charge is 0.496 e. The molecule has 0 aromatic heterocycles. The van der Waals surface area contributed by atoms with Crippen molar-refractivity contribution < 1.29 is 9.84 Å². The maximum atomic E-state index is 10.1. The van der Waals surface area contributed by atoms with Crippen molar-refractivity contribution in [1.29, 1.82) is 0 Å². The van der Waals surface area contributed by atoms with Gasteiger partial charge in [0, 0.05) is 6.42 Å². The fraction of sp³-hybridized carbons (Fsp3) is 0.636. The molecule has 1 aliphatic rings. The van der Waals surface area contributed by atoms with Gasteiger partial charge in [0.05, 0.1) is 6.61 Å². The Morgan fingerprint density at radius 3 is 2.92 bits per heavy atom. The fourth-order valence-corrected chi connectivity index (χ4v) is 1.51. The number of aliphatic hydroxyl groups is 1. The Balaban J connectivity index is 2.62. The highest BCUT2D eigenvalue weighted by Gasteiger charge is 2.32. The second-order valence-electron chi connectivity index (χ2n) is 3.64. The van der Waals surface area contributed by atoms with E-state index in [4.69, 9.17) is 4.74 Å². The molecule has 0 aromatic rings. The summed E-state index contributed by atoms with van der Waals surface area (Å²) in [5, 5.41) is 10.1. The van der Waals surface area contributed by atoms with Crippen LogP contribution in [0.4, 0.5) is 0 Å². The first-order chi connectivity index (χ1) is 6.08. The van der Waals surface area contributed by atoms with Crippen LogP contribution in [-0.2, 0) is 4.74 Å². The molecule has 1 aliphatic carbocycles. The monoisotopic (exact) mass is 182 g/mol. The first-order valence-corrected chi connectivity index (χ1v) is 4.78. The molecule has 1 N–H and O–H groups in total. The Kier molecular flexibility index (Phi) is 3.15. The van der Waals surface area contributed by atoms with Gasteiger partial charge in [0.25, 0.3) is 0 Å². The average Bonchev–Trinajstić information content (AvgIpc) is 2.11. The topological polar surface area (TPSA) is 29.5 Å². The van der Waals surface area contributed by atoms with Crippen molar-refractivity contribution in [2.75, 3.05) is 6.61 Å². The van der Waals surface area contributed by atoms with Crippen molar-refractivity contribution in [2.24, 2.45) is 0 Å². The third-order valence-corrected chi connectivity index (χ3v) is 2.56. The summed E-state index contributed by atoms with van der Waals surface area (Å²) in [6.45, 7) is 8.32. The first-order valence-electron chi connectivity index (χ1n) is 4.78. The van der Waals surface area contributed by atoms with Gasteiger partial charge in [-0.15, -0.1) is 0 Å². The minimum atomic E-state index is -0.824. The van der Waals surface area contributed by atoms with Crippen molar-refractivity contribution in [1.82, 2.24) is 0 Å². The van der Waals surface area contributed by atoms with Gasteiger partial charge in [-0.05, 0) is 26.7 Å². The maximum Gasteiger partial charge on any atom is 0.125 e. The molecule has 2 heteroatoms. The second-order valence-corrected chi connectivity index (χ2v) is 3.64. The van der Waals surface area contributed by atoms with Crippen LogP contribution in [0.3, 0.4) is 0 Å². The molecule has 0 amide bonds. The molecule has 2 nitrogen and oxygen atoms in total. The Morgan fingerprint density at radius 2 is 2.46 bits per heavy atom. The quantitative estimate of drug-likeness (QED) is 0.536. The molecule has 0 spiro atoms. The van der Waals surface area contributed by atoms with Gasteiger partial charge >= 0.3 is 0 Å². The molecule has 1 unspecified atom stereocenters. The zero-order valence-electron chi connectivity index (χ0n) is 8.47. The molecule has 74 valence electrons. The van der Waals surface area contributed by atoms with Crippen LogP contribution < -0.4 is 0 Å². The Bertz CT molecular complexity index is 230. The van der Waals surface area contributed by atoms with Crippen molar-refractivity contribution in [3.05, 3.63) is 24.0 Å². The van der Waals surface area contributed by atoms with Gasteiger partial charge in [-0.3, -0.25) is 0 Å². The number of ether oxygens (including phenoxy) is 1. The van der Waals surface area contributed by atoms with Gasteiger partial charge in [-0.1, -0.05) is 18.2 Å². The molecule has 1 rings (SSSR count). The highest BCUT2D eigenvalue weighted by atomic mass is 16.5. The van der Waals surface area contributed by atoms with Crippen molar-refractivity contribution in [3.63, 3.8) is 0 Å². The lowest BCUT2D eigenvalue weighted by molar-refractivity contribution is 0.00579. The van der Waals surface area contributed by atoms with Crippen LogP contribution in [0.15, 0.2) is 24.0 Å². The van der Waals surface area contributed by atoms with Gasteiger partial charge < -0.3 is 9.84 Å². The molecular formula is C11H18O2. The van der Waals surface area contributed by atoms with E-state index >= 15 is 0 Å². The fourth-order valence-electron chi connectivity index (χ4n) is 1.51. The lowest BCUT2D eigenvalue weighted by atomic mass is 9.85. The molecule has 0 aliphatic heterocycles. The maximum absolute atomic E-state index is 10.1. The second kappa shape index (κ2) is 3.97. The van der Waals surface area contributed by atoms with E-state index in [-0.39, 0.29) is 0 Å². The summed E-state index contributed by atoms with van der Waals surface area (Å²) >= 11 is 0. The van der Waals surface area contributed by atoms with Crippen molar-refractivity contribution in [3.8, 4) is 0 Å². The van der Waals surface area contributed by atoms with Gasteiger partial charge in [0.2, 0.25) is 0 Å². The Hall–Kier alpha value is -0.760. The van der Waals surface area contributed by atoms with E-state index in [0.29, 0.717) is 18.8 Å². The molecular weight excluding hydrogens is 164 g/mol. The van der Waals surface area contributed by atoms with E-state index in [1.54, 1.807) is 0 Å². The highest BCUT2D eigenvalue weighted by Crippen LogP contribution is 2.32. The third kappa shape index (κ3) is 2.34. The first kappa shape index (κ1) is 10.3. The summed E-state index contributed by atoms with van der Waals surface area (Å²) in [6.07, 6.45) is 4.36. The van der Waals surface area contributed by atoms with Crippen LogP contribution in [-0.4, -0.2) is 17.3 Å². The van der Waals surface area contributed by atoms with Crippen LogP contribution in [0.1, 0.15) is 33.1 Å². The molecule has 0 heterocycles. The number of allylic oxidation sites excluding steroid dienone is 1. The summed E-state index contributed by atoms with van der Waals surface area (Å²) < 4.78 is 5.25. The summed E-state index contributed by atoms with van der Waals surface area (Å²) in [6, 6.07) is 0. The molecule has 0 saturated carbocycles. The SMILES string of the molecule is C=C(OCC)C1(O)CC=C(C)CC1. The van der Waals surface area contributed by atoms with Crippen LogP contribution in [0.2, 0.25) is 0 Å². The van der Waals surface area contributed by atoms with Crippen LogP contribution >= 0.6 is 0 Å². The van der Waals surface area contributed by atoms with Crippen LogP contribution in [0.5, 0.6) is 0 Å². The van der Waals surface area contributed by atoms with Crippen molar-refractivity contribution in [2.45, 2.75) is 38.7 Å². The van der Waals surface area contributed by atoms with E-state index in [9.17, 15) is 5.11 Å². The number of hydrogen-bond acceptors (Lipinski definition) is 2. The lowest BCUT2D eigenvalue weighted by Gasteiger charge is -2.32. The van der Waals surface area contributed by atoms with E-state index in [0.717, 1.165) is 12.8 Å². The molecule has 0 fully saturated rings. The molecule has 13 heavy (non-hydrogen) atoms. The van der Waals surface area contributed by atoms with Gasteiger partial charge in [-0.25, -0.2) is 0 Å². The predicted molar refractivity (Wildman–Crippen MR) is 53.3 cm³/mol. The lowest BCUT2D eigenvalue weighted by Crippen LogP contribution is -2.33. The normalized spacial score (nSPS) is 28.1. The Morgan fingerprint density at radius 1 is 1.77 bits per heavy atom. The van der Waals surface area contributed by atoms with E-state index in [1.807, 2.05) is 6.92 Å². The van der Waals surface area contributed by atoms with Gasteiger partial charge in [0.1, 0.15) is 11.4 Å². The summed E-state index contributed by atoms with van der Waals surface area (Å²) in [4.78, 5) is 0. The standard InChI is InChI=1S/C11H18O2/c1-4-13-10(3)11(12)7-5-9(2)6-8-11/h5,12H,3-4,6-8H2,1-2H3. The minimum absolute atomic E-state index is 0.513. The van der Waals surface area contributed by atoms with Crippen LogP contribution in [0, 0.1) is 0 Å². The van der Waals surface area contributed by atoms with Crippen LogP contribution in [0.25, 0.3) is 0 Å². The van der Waals surface area contributed by atoms with Crippen molar-refractivity contribution >= 4 is 0 Å². The summed E-state index contributed by atoms with van der Waals surface area (Å²) in [7, 11) is 0. The number of hydrogen-bond donors (Lipinski definition) is 1. The minimum Gasteiger partial charge on any atom is -0.496 e. The zero-order valence-corrected chi connectivity index (χ0v) is 8.47. The van der Waals surface area contributed by atoms with Gasteiger partial charge in [-0.2, -0.15) is 0 Å². The van der Waals surface area contributed by atoms with E-state index < -0.39 is 5.60 Å². The Labute approximate surface area is 79.9 Å². The molecule has 0 radical (unpaired) electrons. The molecule has 1 atom stereocenters.